The van der Waals surface area contributed by atoms with Crippen molar-refractivity contribution in [3.8, 4) is 0 Å². The van der Waals surface area contributed by atoms with E-state index in [9.17, 15) is 0 Å². The standard InChI is InChI=1S/C14H19BrN2/c15-11-5-6-14(12(16)9-11)17-8-7-10-3-1-2-4-13(10)17/h5-6,9-10,13H,1-4,7-8,16H2. The van der Waals surface area contributed by atoms with E-state index in [0.29, 0.717) is 0 Å². The Kier molecular flexibility index (Phi) is 3.03. The van der Waals surface area contributed by atoms with Crippen molar-refractivity contribution in [3.05, 3.63) is 22.7 Å². The van der Waals surface area contributed by atoms with Crippen LogP contribution >= 0.6 is 15.9 Å². The zero-order chi connectivity index (χ0) is 11.8. The van der Waals surface area contributed by atoms with Gasteiger partial charge in [-0.3, -0.25) is 0 Å². The SMILES string of the molecule is Nc1cc(Br)ccc1N1CCC2CCCCC21. The van der Waals surface area contributed by atoms with Crippen LogP contribution < -0.4 is 10.6 Å². The first-order valence-corrected chi connectivity index (χ1v) is 7.36. The van der Waals surface area contributed by atoms with Crippen molar-refractivity contribution in [1.29, 1.82) is 0 Å². The Labute approximate surface area is 111 Å². The van der Waals surface area contributed by atoms with Crippen LogP contribution in [0.4, 0.5) is 11.4 Å². The highest BCUT2D eigenvalue weighted by Gasteiger charge is 2.36. The van der Waals surface area contributed by atoms with E-state index < -0.39 is 0 Å². The topological polar surface area (TPSA) is 29.3 Å². The van der Waals surface area contributed by atoms with Crippen LogP contribution in [0.5, 0.6) is 0 Å². The molecular weight excluding hydrogens is 276 g/mol. The molecule has 1 aromatic rings. The van der Waals surface area contributed by atoms with E-state index in [1.807, 2.05) is 6.07 Å². The largest absolute Gasteiger partial charge is 0.397 e. The predicted octanol–water partition coefficient (Wildman–Crippen LogP) is 3.80. The van der Waals surface area contributed by atoms with Gasteiger partial charge in [0.05, 0.1) is 11.4 Å². The second kappa shape index (κ2) is 4.52. The van der Waals surface area contributed by atoms with E-state index in [1.165, 1.54) is 44.3 Å². The average molecular weight is 295 g/mol. The van der Waals surface area contributed by atoms with Crippen LogP contribution in [-0.2, 0) is 0 Å². The second-order valence-electron chi connectivity index (χ2n) is 5.30. The van der Waals surface area contributed by atoms with Crippen LogP contribution in [0.3, 0.4) is 0 Å². The smallest absolute Gasteiger partial charge is 0.0603 e. The van der Waals surface area contributed by atoms with E-state index in [-0.39, 0.29) is 0 Å². The Hall–Kier alpha value is -0.700. The normalized spacial score (nSPS) is 28.2. The summed E-state index contributed by atoms with van der Waals surface area (Å²) in [5, 5.41) is 0. The van der Waals surface area contributed by atoms with Crippen LogP contribution in [0.25, 0.3) is 0 Å². The zero-order valence-corrected chi connectivity index (χ0v) is 11.6. The van der Waals surface area contributed by atoms with Crippen molar-refractivity contribution in [2.45, 2.75) is 38.1 Å². The molecule has 0 aromatic heterocycles. The Morgan fingerprint density at radius 1 is 1.18 bits per heavy atom. The lowest BCUT2D eigenvalue weighted by Gasteiger charge is -2.33. The Bertz CT molecular complexity index is 419. The summed E-state index contributed by atoms with van der Waals surface area (Å²) >= 11 is 3.48. The molecule has 2 unspecified atom stereocenters. The molecule has 1 aromatic carbocycles. The zero-order valence-electron chi connectivity index (χ0n) is 10.0. The highest BCUT2D eigenvalue weighted by molar-refractivity contribution is 9.10. The van der Waals surface area contributed by atoms with Gasteiger partial charge in [0, 0.05) is 17.1 Å². The van der Waals surface area contributed by atoms with Gasteiger partial charge in [0.2, 0.25) is 0 Å². The summed E-state index contributed by atoms with van der Waals surface area (Å²) < 4.78 is 1.07. The molecule has 2 aliphatic rings. The molecule has 0 radical (unpaired) electrons. The summed E-state index contributed by atoms with van der Waals surface area (Å²) in [5.41, 5.74) is 8.30. The van der Waals surface area contributed by atoms with Crippen molar-refractivity contribution in [3.63, 3.8) is 0 Å². The average Bonchev–Trinajstić information content (AvgIpc) is 2.73. The molecule has 1 aliphatic heterocycles. The van der Waals surface area contributed by atoms with E-state index in [4.69, 9.17) is 5.73 Å². The molecule has 2 N–H and O–H groups in total. The highest BCUT2D eigenvalue weighted by Crippen LogP contribution is 2.40. The number of rotatable bonds is 1. The third-order valence-electron chi connectivity index (χ3n) is 4.31. The maximum atomic E-state index is 6.15. The Morgan fingerprint density at radius 2 is 2.00 bits per heavy atom. The summed E-state index contributed by atoms with van der Waals surface area (Å²) in [6, 6.07) is 7.02. The fourth-order valence-corrected chi connectivity index (χ4v) is 3.87. The molecule has 1 aliphatic carbocycles. The minimum Gasteiger partial charge on any atom is -0.397 e. The monoisotopic (exact) mass is 294 g/mol. The number of halogens is 1. The minimum atomic E-state index is 0.743. The van der Waals surface area contributed by atoms with Crippen molar-refractivity contribution in [1.82, 2.24) is 0 Å². The molecule has 3 heteroatoms. The summed E-state index contributed by atoms with van der Waals surface area (Å²) in [6.07, 6.45) is 6.91. The summed E-state index contributed by atoms with van der Waals surface area (Å²) in [5.74, 6) is 0.909. The van der Waals surface area contributed by atoms with E-state index >= 15 is 0 Å². The van der Waals surface area contributed by atoms with E-state index in [2.05, 4.69) is 33.0 Å². The fourth-order valence-electron chi connectivity index (χ4n) is 3.49. The number of benzene rings is 1. The van der Waals surface area contributed by atoms with Crippen LogP contribution in [-0.4, -0.2) is 12.6 Å². The molecule has 2 nitrogen and oxygen atoms in total. The van der Waals surface area contributed by atoms with Gasteiger partial charge in [-0.15, -0.1) is 0 Å². The van der Waals surface area contributed by atoms with Gasteiger partial charge in [0.1, 0.15) is 0 Å². The van der Waals surface area contributed by atoms with Gasteiger partial charge in [-0.2, -0.15) is 0 Å². The lowest BCUT2D eigenvalue weighted by atomic mass is 9.85. The quantitative estimate of drug-likeness (QED) is 0.798. The molecule has 2 atom stereocenters. The lowest BCUT2D eigenvalue weighted by molar-refractivity contribution is 0.342. The number of fused-ring (bicyclic) bond motifs is 1. The Morgan fingerprint density at radius 3 is 2.82 bits per heavy atom. The van der Waals surface area contributed by atoms with Gasteiger partial charge in [0.25, 0.3) is 0 Å². The molecule has 0 spiro atoms. The first kappa shape index (κ1) is 11.4. The molecule has 3 rings (SSSR count). The first-order valence-electron chi connectivity index (χ1n) is 6.57. The highest BCUT2D eigenvalue weighted by atomic mass is 79.9. The molecular formula is C14H19BrN2. The van der Waals surface area contributed by atoms with Crippen molar-refractivity contribution in [2.75, 3.05) is 17.2 Å². The van der Waals surface area contributed by atoms with Gasteiger partial charge in [-0.05, 0) is 43.4 Å². The number of anilines is 2. The number of hydrogen-bond acceptors (Lipinski definition) is 2. The summed E-state index contributed by atoms with van der Waals surface area (Å²) in [6.45, 7) is 1.18. The number of nitrogen functional groups attached to an aromatic ring is 1. The fraction of sp³-hybridized carbons (Fsp3) is 0.571. The van der Waals surface area contributed by atoms with Gasteiger partial charge in [-0.1, -0.05) is 28.8 Å². The molecule has 17 heavy (non-hydrogen) atoms. The predicted molar refractivity (Wildman–Crippen MR) is 76.3 cm³/mol. The maximum Gasteiger partial charge on any atom is 0.0603 e. The minimum absolute atomic E-state index is 0.743. The van der Waals surface area contributed by atoms with Gasteiger partial charge >= 0.3 is 0 Å². The van der Waals surface area contributed by atoms with Crippen LogP contribution in [0, 0.1) is 5.92 Å². The third kappa shape index (κ3) is 2.05. The lowest BCUT2D eigenvalue weighted by Crippen LogP contribution is -2.35. The Balaban J connectivity index is 1.88. The molecule has 0 bridgehead atoms. The molecule has 2 fully saturated rings. The summed E-state index contributed by atoms with van der Waals surface area (Å²) in [4.78, 5) is 2.55. The summed E-state index contributed by atoms with van der Waals surface area (Å²) in [7, 11) is 0. The van der Waals surface area contributed by atoms with Crippen LogP contribution in [0.2, 0.25) is 0 Å². The van der Waals surface area contributed by atoms with Gasteiger partial charge < -0.3 is 10.6 Å². The van der Waals surface area contributed by atoms with Crippen LogP contribution in [0.1, 0.15) is 32.1 Å². The molecule has 1 heterocycles. The van der Waals surface area contributed by atoms with Gasteiger partial charge in [-0.25, -0.2) is 0 Å². The number of nitrogens with two attached hydrogens (primary N) is 1. The third-order valence-corrected chi connectivity index (χ3v) is 4.80. The molecule has 1 saturated heterocycles. The van der Waals surface area contributed by atoms with E-state index in [1.54, 1.807) is 0 Å². The van der Waals surface area contributed by atoms with Crippen molar-refractivity contribution in [2.24, 2.45) is 5.92 Å². The first-order chi connectivity index (χ1) is 8.25. The second-order valence-corrected chi connectivity index (χ2v) is 6.21. The van der Waals surface area contributed by atoms with E-state index in [0.717, 1.165) is 22.1 Å². The molecule has 1 saturated carbocycles. The number of hydrogen-bond donors (Lipinski definition) is 1. The maximum absolute atomic E-state index is 6.15. The van der Waals surface area contributed by atoms with Crippen molar-refractivity contribution >= 4 is 27.3 Å². The van der Waals surface area contributed by atoms with Crippen LogP contribution in [0.15, 0.2) is 22.7 Å². The van der Waals surface area contributed by atoms with Crippen molar-refractivity contribution < 1.29 is 0 Å². The molecule has 92 valence electrons. The molecule has 0 amide bonds. The van der Waals surface area contributed by atoms with Gasteiger partial charge in [0.15, 0.2) is 0 Å². The number of nitrogens with zero attached hydrogens (tertiary/aromatic N) is 1.